The standard InChI is InChI=1S/C15H15N3O2/c1-9-5-6-11(15(18-9)20-2)13(19)12-8-17-14-10(12)4-3-7-16-14/h3-8,13,19H,1-2H3,(H,16,17). The van der Waals surface area contributed by atoms with E-state index in [1.165, 1.54) is 0 Å². The molecule has 0 saturated carbocycles. The third-order valence-corrected chi connectivity index (χ3v) is 3.29. The van der Waals surface area contributed by atoms with Gasteiger partial charge in [-0.25, -0.2) is 9.97 Å². The maximum atomic E-state index is 10.6. The van der Waals surface area contributed by atoms with Gasteiger partial charge in [-0.3, -0.25) is 0 Å². The lowest BCUT2D eigenvalue weighted by molar-refractivity contribution is 0.214. The topological polar surface area (TPSA) is 71.0 Å². The van der Waals surface area contributed by atoms with Crippen LogP contribution in [0.1, 0.15) is 22.9 Å². The highest BCUT2D eigenvalue weighted by molar-refractivity contribution is 5.80. The van der Waals surface area contributed by atoms with Gasteiger partial charge in [-0.2, -0.15) is 0 Å². The number of aromatic nitrogens is 3. The zero-order valence-corrected chi connectivity index (χ0v) is 11.3. The van der Waals surface area contributed by atoms with Crippen molar-refractivity contribution in [3.8, 4) is 5.88 Å². The van der Waals surface area contributed by atoms with Crippen molar-refractivity contribution in [3.63, 3.8) is 0 Å². The molecule has 2 N–H and O–H groups in total. The molecule has 0 aliphatic heterocycles. The van der Waals surface area contributed by atoms with E-state index in [2.05, 4.69) is 15.0 Å². The van der Waals surface area contributed by atoms with Gasteiger partial charge in [0.2, 0.25) is 5.88 Å². The summed E-state index contributed by atoms with van der Waals surface area (Å²) >= 11 is 0. The quantitative estimate of drug-likeness (QED) is 0.765. The summed E-state index contributed by atoms with van der Waals surface area (Å²) in [4.78, 5) is 11.6. The van der Waals surface area contributed by atoms with Gasteiger partial charge in [-0.05, 0) is 31.2 Å². The Morgan fingerprint density at radius 3 is 2.90 bits per heavy atom. The lowest BCUT2D eigenvalue weighted by Gasteiger charge is -2.14. The Bertz CT molecular complexity index is 752. The van der Waals surface area contributed by atoms with Gasteiger partial charge in [-0.1, -0.05) is 0 Å². The zero-order valence-electron chi connectivity index (χ0n) is 11.3. The Hall–Kier alpha value is -2.40. The average Bonchev–Trinajstić information content (AvgIpc) is 2.90. The van der Waals surface area contributed by atoms with Gasteiger partial charge < -0.3 is 14.8 Å². The number of ether oxygens (including phenoxy) is 1. The van der Waals surface area contributed by atoms with Gasteiger partial charge in [0.05, 0.1) is 7.11 Å². The molecule has 0 saturated heterocycles. The van der Waals surface area contributed by atoms with Crippen LogP contribution in [0.15, 0.2) is 36.7 Å². The molecule has 3 rings (SSSR count). The van der Waals surface area contributed by atoms with Crippen LogP contribution in [0.2, 0.25) is 0 Å². The van der Waals surface area contributed by atoms with Crippen molar-refractivity contribution in [3.05, 3.63) is 53.5 Å². The van der Waals surface area contributed by atoms with E-state index < -0.39 is 6.10 Å². The second-order valence-corrected chi connectivity index (χ2v) is 4.60. The Kier molecular flexibility index (Phi) is 3.12. The van der Waals surface area contributed by atoms with Crippen LogP contribution in [0.4, 0.5) is 0 Å². The van der Waals surface area contributed by atoms with E-state index >= 15 is 0 Å². The molecule has 0 aromatic carbocycles. The van der Waals surface area contributed by atoms with Crippen molar-refractivity contribution in [1.82, 2.24) is 15.0 Å². The molecule has 1 atom stereocenters. The van der Waals surface area contributed by atoms with Crippen LogP contribution in [0, 0.1) is 6.92 Å². The molecule has 1 unspecified atom stereocenters. The Labute approximate surface area is 116 Å². The predicted molar refractivity (Wildman–Crippen MR) is 75.7 cm³/mol. The summed E-state index contributed by atoms with van der Waals surface area (Å²) in [5.41, 5.74) is 3.00. The van der Waals surface area contributed by atoms with E-state index in [1.54, 1.807) is 19.5 Å². The van der Waals surface area contributed by atoms with Crippen molar-refractivity contribution in [2.45, 2.75) is 13.0 Å². The minimum absolute atomic E-state index is 0.441. The summed E-state index contributed by atoms with van der Waals surface area (Å²) in [6.07, 6.45) is 2.67. The summed E-state index contributed by atoms with van der Waals surface area (Å²) in [6.45, 7) is 1.88. The minimum atomic E-state index is -0.809. The molecule has 5 heteroatoms. The molecule has 0 fully saturated rings. The first-order chi connectivity index (χ1) is 9.70. The monoisotopic (exact) mass is 269 g/mol. The second kappa shape index (κ2) is 4.94. The van der Waals surface area contributed by atoms with Crippen molar-refractivity contribution in [2.75, 3.05) is 7.11 Å². The maximum absolute atomic E-state index is 10.6. The Morgan fingerprint density at radius 2 is 2.10 bits per heavy atom. The molecule has 0 aliphatic rings. The normalized spacial score (nSPS) is 12.6. The fourth-order valence-corrected chi connectivity index (χ4v) is 2.29. The molecular weight excluding hydrogens is 254 g/mol. The number of pyridine rings is 2. The van der Waals surface area contributed by atoms with E-state index in [-0.39, 0.29) is 0 Å². The van der Waals surface area contributed by atoms with Gasteiger partial charge in [0, 0.05) is 34.6 Å². The SMILES string of the molecule is COc1nc(C)ccc1C(O)c1c[nH]c2ncccc12. The molecule has 0 aliphatic carbocycles. The average molecular weight is 269 g/mol. The van der Waals surface area contributed by atoms with Gasteiger partial charge in [0.1, 0.15) is 11.8 Å². The molecule has 102 valence electrons. The van der Waals surface area contributed by atoms with E-state index in [1.807, 2.05) is 31.2 Å². The number of rotatable bonds is 3. The Morgan fingerprint density at radius 1 is 1.25 bits per heavy atom. The third-order valence-electron chi connectivity index (χ3n) is 3.29. The summed E-state index contributed by atoms with van der Waals surface area (Å²) in [7, 11) is 1.55. The number of fused-ring (bicyclic) bond motifs is 1. The molecule has 3 aromatic heterocycles. The summed E-state index contributed by atoms with van der Waals surface area (Å²) < 4.78 is 5.26. The summed E-state index contributed by atoms with van der Waals surface area (Å²) in [6, 6.07) is 7.46. The van der Waals surface area contributed by atoms with Gasteiger partial charge >= 0.3 is 0 Å². The lowest BCUT2D eigenvalue weighted by Crippen LogP contribution is -2.04. The highest BCUT2D eigenvalue weighted by Gasteiger charge is 2.20. The van der Waals surface area contributed by atoms with Crippen LogP contribution in [-0.2, 0) is 0 Å². The smallest absolute Gasteiger partial charge is 0.219 e. The van der Waals surface area contributed by atoms with Crippen LogP contribution in [0.3, 0.4) is 0 Å². The number of hydrogen-bond donors (Lipinski definition) is 2. The number of hydrogen-bond acceptors (Lipinski definition) is 4. The molecule has 3 aromatic rings. The van der Waals surface area contributed by atoms with Gasteiger partial charge in [-0.15, -0.1) is 0 Å². The van der Waals surface area contributed by atoms with Gasteiger partial charge in [0.25, 0.3) is 0 Å². The number of aliphatic hydroxyl groups is 1. The molecule has 5 nitrogen and oxygen atoms in total. The van der Waals surface area contributed by atoms with Crippen LogP contribution in [-0.4, -0.2) is 27.2 Å². The molecule has 0 radical (unpaired) electrons. The van der Waals surface area contributed by atoms with E-state index in [9.17, 15) is 5.11 Å². The number of nitrogens with zero attached hydrogens (tertiary/aromatic N) is 2. The van der Waals surface area contributed by atoms with Crippen molar-refractivity contribution >= 4 is 11.0 Å². The van der Waals surface area contributed by atoms with Gasteiger partial charge in [0.15, 0.2) is 0 Å². The first-order valence-corrected chi connectivity index (χ1v) is 6.32. The number of aromatic amines is 1. The van der Waals surface area contributed by atoms with Crippen LogP contribution in [0.25, 0.3) is 11.0 Å². The molecular formula is C15H15N3O2. The van der Waals surface area contributed by atoms with Crippen LogP contribution in [0.5, 0.6) is 5.88 Å². The highest BCUT2D eigenvalue weighted by atomic mass is 16.5. The molecule has 0 spiro atoms. The molecule has 0 bridgehead atoms. The Balaban J connectivity index is 2.10. The first kappa shape index (κ1) is 12.6. The number of H-pyrrole nitrogens is 1. The summed E-state index contributed by atoms with van der Waals surface area (Å²) in [5.74, 6) is 0.441. The first-order valence-electron chi connectivity index (χ1n) is 6.32. The lowest BCUT2D eigenvalue weighted by atomic mass is 10.0. The largest absolute Gasteiger partial charge is 0.481 e. The van der Waals surface area contributed by atoms with E-state index in [0.29, 0.717) is 11.4 Å². The third kappa shape index (κ3) is 2.02. The van der Waals surface area contributed by atoms with Crippen molar-refractivity contribution in [1.29, 1.82) is 0 Å². The van der Waals surface area contributed by atoms with Crippen molar-refractivity contribution in [2.24, 2.45) is 0 Å². The number of nitrogens with one attached hydrogen (secondary N) is 1. The fraction of sp³-hybridized carbons (Fsp3) is 0.200. The van der Waals surface area contributed by atoms with Crippen LogP contribution < -0.4 is 4.74 Å². The molecule has 0 amide bonds. The zero-order chi connectivity index (χ0) is 14.1. The highest BCUT2D eigenvalue weighted by Crippen LogP contribution is 2.32. The maximum Gasteiger partial charge on any atom is 0.219 e. The number of aryl methyl sites for hydroxylation is 1. The number of aliphatic hydroxyl groups excluding tert-OH is 1. The van der Waals surface area contributed by atoms with Crippen molar-refractivity contribution < 1.29 is 9.84 Å². The fourth-order valence-electron chi connectivity index (χ4n) is 2.29. The second-order valence-electron chi connectivity index (χ2n) is 4.60. The molecule has 3 heterocycles. The van der Waals surface area contributed by atoms with E-state index in [0.717, 1.165) is 22.3 Å². The molecule has 20 heavy (non-hydrogen) atoms. The minimum Gasteiger partial charge on any atom is -0.481 e. The number of methoxy groups -OCH3 is 1. The van der Waals surface area contributed by atoms with E-state index in [4.69, 9.17) is 4.74 Å². The van der Waals surface area contributed by atoms with Crippen LogP contribution >= 0.6 is 0 Å². The predicted octanol–water partition coefficient (Wildman–Crippen LogP) is 2.36. The summed E-state index contributed by atoms with van der Waals surface area (Å²) in [5, 5.41) is 11.5.